The fourth-order valence-electron chi connectivity index (χ4n) is 4.10. The number of anilines is 5. The Morgan fingerprint density at radius 1 is 1.09 bits per heavy atom. The van der Waals surface area contributed by atoms with E-state index in [2.05, 4.69) is 73.5 Å². The Labute approximate surface area is 213 Å². The lowest BCUT2D eigenvalue weighted by atomic mass is 10.1. The molecule has 3 aromatic heterocycles. The van der Waals surface area contributed by atoms with Crippen LogP contribution in [0.5, 0.6) is 5.88 Å². The van der Waals surface area contributed by atoms with Crippen molar-refractivity contribution in [2.75, 3.05) is 42.9 Å². The van der Waals surface area contributed by atoms with Crippen molar-refractivity contribution in [3.8, 4) is 17.0 Å². The highest BCUT2D eigenvalue weighted by atomic mass is 79.9. The van der Waals surface area contributed by atoms with Crippen LogP contribution in [0.25, 0.3) is 11.1 Å². The van der Waals surface area contributed by atoms with Gasteiger partial charge in [-0.3, -0.25) is 4.68 Å². The number of fused-ring (bicyclic) bond motifs is 3. The molecule has 0 bridgehead atoms. The fraction of sp³-hybridized carbons (Fsp3) is 0.250. The number of ether oxygens (including phenoxy) is 1. The molecular formula is C24H26BrN8OP. The van der Waals surface area contributed by atoms with Gasteiger partial charge >= 0.3 is 0 Å². The average Bonchev–Trinajstić information content (AvgIpc) is 3.11. The van der Waals surface area contributed by atoms with Crippen LogP contribution in [0.4, 0.5) is 29.0 Å². The third-order valence-electron chi connectivity index (χ3n) is 5.82. The molecule has 4 aromatic rings. The van der Waals surface area contributed by atoms with E-state index in [0.29, 0.717) is 23.3 Å². The van der Waals surface area contributed by atoms with Crippen LogP contribution >= 0.6 is 23.9 Å². The third-order valence-corrected chi connectivity index (χ3v) is 7.75. The molecule has 1 aliphatic heterocycles. The third kappa shape index (κ3) is 4.68. The summed E-state index contributed by atoms with van der Waals surface area (Å²) in [6.45, 7) is 5.24. The smallest absolute Gasteiger partial charge is 0.239 e. The highest BCUT2D eigenvalue weighted by Gasteiger charge is 2.22. The predicted molar refractivity (Wildman–Crippen MR) is 146 cm³/mol. The molecule has 0 saturated carbocycles. The summed E-state index contributed by atoms with van der Waals surface area (Å²) in [7, 11) is 3.29. The van der Waals surface area contributed by atoms with Crippen LogP contribution in [0, 0.1) is 0 Å². The Kier molecular flexibility index (Phi) is 6.58. The maximum atomic E-state index is 5.60. The second kappa shape index (κ2) is 9.79. The van der Waals surface area contributed by atoms with E-state index in [9.17, 15) is 0 Å². The zero-order valence-electron chi connectivity index (χ0n) is 19.9. The minimum Gasteiger partial charge on any atom is -0.479 e. The van der Waals surface area contributed by atoms with Crippen LogP contribution in [-0.2, 0) is 13.5 Å². The van der Waals surface area contributed by atoms with Gasteiger partial charge in [-0.1, -0.05) is 26.1 Å². The summed E-state index contributed by atoms with van der Waals surface area (Å²) in [6, 6.07) is 10.3. The monoisotopic (exact) mass is 552 g/mol. The molecule has 0 unspecified atom stereocenters. The van der Waals surface area contributed by atoms with Crippen molar-refractivity contribution in [2.45, 2.75) is 6.42 Å². The zero-order valence-corrected chi connectivity index (χ0v) is 22.4. The van der Waals surface area contributed by atoms with E-state index in [4.69, 9.17) is 14.7 Å². The lowest BCUT2D eigenvalue weighted by Crippen LogP contribution is -2.10. The van der Waals surface area contributed by atoms with Gasteiger partial charge in [0.2, 0.25) is 11.8 Å². The number of para-hydroxylation sites is 1. The molecule has 0 aliphatic carbocycles. The Hall–Kier alpha value is -3.23. The first-order valence-electron chi connectivity index (χ1n) is 11.1. The van der Waals surface area contributed by atoms with Gasteiger partial charge in [0, 0.05) is 48.7 Å². The van der Waals surface area contributed by atoms with Crippen molar-refractivity contribution in [3.05, 3.63) is 52.9 Å². The van der Waals surface area contributed by atoms with Gasteiger partial charge < -0.3 is 20.7 Å². The minimum atomic E-state index is -0.277. The van der Waals surface area contributed by atoms with Gasteiger partial charge in [0.1, 0.15) is 17.3 Å². The summed E-state index contributed by atoms with van der Waals surface area (Å²) in [6.07, 6.45) is 4.47. The number of benzene rings is 1. The highest BCUT2D eigenvalue weighted by Crippen LogP contribution is 2.39. The second-order valence-corrected chi connectivity index (χ2v) is 11.4. The molecule has 4 heterocycles. The second-order valence-electron chi connectivity index (χ2n) is 8.30. The Balaban J connectivity index is 1.50. The number of nitrogens with zero attached hydrogens (tertiary/aromatic N) is 5. The number of aromatic nitrogens is 5. The van der Waals surface area contributed by atoms with Gasteiger partial charge in [-0.2, -0.15) is 15.1 Å². The SMILES string of the molecule is COc1nc2c(cc1Nc1ncc(Br)c(Nc3ccccc3P(C)C)n1)-c1cnn(C)c1CCN2. The maximum Gasteiger partial charge on any atom is 0.239 e. The molecule has 3 N–H and O–H groups in total. The van der Waals surface area contributed by atoms with Crippen LogP contribution < -0.4 is 26.0 Å². The van der Waals surface area contributed by atoms with Crippen LogP contribution in [-0.4, -0.2) is 51.7 Å². The summed E-state index contributed by atoms with van der Waals surface area (Å²) in [5.74, 6) is 2.32. The fourth-order valence-corrected chi connectivity index (χ4v) is 5.38. The number of hydrogen-bond acceptors (Lipinski definition) is 8. The van der Waals surface area contributed by atoms with Gasteiger partial charge in [0.05, 0.1) is 17.8 Å². The average molecular weight is 553 g/mol. The van der Waals surface area contributed by atoms with Crippen molar-refractivity contribution >= 4 is 58.1 Å². The number of pyridine rings is 1. The van der Waals surface area contributed by atoms with E-state index in [1.54, 1.807) is 13.3 Å². The first kappa shape index (κ1) is 23.5. The zero-order chi connectivity index (χ0) is 24.5. The molecule has 0 amide bonds. The van der Waals surface area contributed by atoms with E-state index in [1.807, 2.05) is 30.1 Å². The van der Waals surface area contributed by atoms with Gasteiger partial charge in [-0.15, -0.1) is 0 Å². The number of rotatable bonds is 6. The van der Waals surface area contributed by atoms with E-state index >= 15 is 0 Å². The molecule has 35 heavy (non-hydrogen) atoms. The summed E-state index contributed by atoms with van der Waals surface area (Å²) >= 11 is 3.58. The van der Waals surface area contributed by atoms with Crippen LogP contribution in [0.1, 0.15) is 5.69 Å². The molecule has 180 valence electrons. The topological polar surface area (TPSA) is 102 Å². The molecule has 11 heteroatoms. The Morgan fingerprint density at radius 2 is 1.91 bits per heavy atom. The standard InChI is InChI=1S/C24H26BrN8OP/c1-33-19-9-10-26-21-14(15(19)12-28-33)11-18(23(31-21)34-2)30-24-27-13-16(25)22(32-24)29-17-7-5-6-8-20(17)35(3)4/h5-8,11-13H,9-10H2,1-4H3,(H,26,31)(H2,27,29,30,32). The predicted octanol–water partition coefficient (Wildman–Crippen LogP) is 4.87. The van der Waals surface area contributed by atoms with Crippen molar-refractivity contribution in [1.82, 2.24) is 24.7 Å². The number of halogens is 1. The molecule has 5 rings (SSSR count). The Bertz CT molecular complexity index is 1390. The maximum absolute atomic E-state index is 5.60. The van der Waals surface area contributed by atoms with Crippen LogP contribution in [0.15, 0.2) is 47.2 Å². The molecule has 0 fully saturated rings. The van der Waals surface area contributed by atoms with Gasteiger partial charge in [-0.25, -0.2) is 4.98 Å². The first-order chi connectivity index (χ1) is 16.9. The quantitative estimate of drug-likeness (QED) is 0.291. The molecule has 1 aliphatic rings. The number of aryl methyl sites for hydroxylation is 1. The lowest BCUT2D eigenvalue weighted by Gasteiger charge is -2.17. The lowest BCUT2D eigenvalue weighted by molar-refractivity contribution is 0.400. The largest absolute Gasteiger partial charge is 0.479 e. The summed E-state index contributed by atoms with van der Waals surface area (Å²) in [4.78, 5) is 13.9. The van der Waals surface area contributed by atoms with Crippen molar-refractivity contribution < 1.29 is 4.74 Å². The number of methoxy groups -OCH3 is 1. The number of hydrogen-bond donors (Lipinski definition) is 3. The van der Waals surface area contributed by atoms with Crippen molar-refractivity contribution in [2.24, 2.45) is 7.05 Å². The van der Waals surface area contributed by atoms with Crippen molar-refractivity contribution in [3.63, 3.8) is 0 Å². The van der Waals surface area contributed by atoms with Crippen molar-refractivity contribution in [1.29, 1.82) is 0 Å². The number of nitrogens with one attached hydrogen (secondary N) is 3. The van der Waals surface area contributed by atoms with Gasteiger partial charge in [-0.05, 0) is 46.7 Å². The molecule has 9 nitrogen and oxygen atoms in total. The van der Waals surface area contributed by atoms with Gasteiger partial charge in [0.25, 0.3) is 0 Å². The molecule has 1 aromatic carbocycles. The van der Waals surface area contributed by atoms with Crippen LogP contribution in [0.2, 0.25) is 0 Å². The van der Waals surface area contributed by atoms with E-state index < -0.39 is 0 Å². The summed E-state index contributed by atoms with van der Waals surface area (Å²) in [5.41, 5.74) is 4.87. The molecule has 0 atom stereocenters. The first-order valence-corrected chi connectivity index (χ1v) is 14.1. The molecular weight excluding hydrogens is 527 g/mol. The molecule has 0 spiro atoms. The van der Waals surface area contributed by atoms with E-state index in [1.165, 1.54) is 5.30 Å². The van der Waals surface area contributed by atoms with Crippen LogP contribution in [0.3, 0.4) is 0 Å². The Morgan fingerprint density at radius 3 is 2.71 bits per heavy atom. The normalized spacial score (nSPS) is 12.4. The molecule has 0 radical (unpaired) electrons. The van der Waals surface area contributed by atoms with E-state index in [-0.39, 0.29) is 7.92 Å². The summed E-state index contributed by atoms with van der Waals surface area (Å²) < 4.78 is 8.28. The molecule has 0 saturated heterocycles. The minimum absolute atomic E-state index is 0.277. The summed E-state index contributed by atoms with van der Waals surface area (Å²) in [5, 5.41) is 15.9. The van der Waals surface area contributed by atoms with Gasteiger partial charge in [0.15, 0.2) is 0 Å². The highest BCUT2D eigenvalue weighted by molar-refractivity contribution is 9.10. The van der Waals surface area contributed by atoms with E-state index in [0.717, 1.165) is 45.8 Å².